The first kappa shape index (κ1) is 12.3. The third-order valence-electron chi connectivity index (χ3n) is 2.12. The Morgan fingerprint density at radius 3 is 2.75 bits per heavy atom. The van der Waals surface area contributed by atoms with E-state index >= 15 is 0 Å². The Morgan fingerprint density at radius 1 is 1.62 bits per heavy atom. The molecule has 86 valence electrons. The second-order valence-electron chi connectivity index (χ2n) is 3.02. The van der Waals surface area contributed by atoms with Gasteiger partial charge in [0.15, 0.2) is 0 Å². The van der Waals surface area contributed by atoms with Crippen molar-refractivity contribution in [2.45, 2.75) is 19.4 Å². The zero-order valence-electron chi connectivity index (χ0n) is 8.70. The minimum Gasteiger partial charge on any atom is -0.496 e. The van der Waals surface area contributed by atoms with Crippen LogP contribution in [-0.2, 0) is 13.0 Å². The number of nitriles is 1. The molecule has 0 aliphatic rings. The van der Waals surface area contributed by atoms with Crippen molar-refractivity contribution in [3.63, 3.8) is 0 Å². The molecule has 0 spiro atoms. The molecule has 0 amide bonds. The summed E-state index contributed by atoms with van der Waals surface area (Å²) in [6.45, 7) is 0.123. The highest BCUT2D eigenvalue weighted by Gasteiger charge is 2.20. The lowest BCUT2D eigenvalue weighted by Crippen LogP contribution is -2.08. The lowest BCUT2D eigenvalue weighted by atomic mass is 10.1. The van der Waals surface area contributed by atoms with Crippen molar-refractivity contribution < 1.29 is 13.5 Å². The summed E-state index contributed by atoms with van der Waals surface area (Å²) in [5, 5.41) is 8.60. The van der Waals surface area contributed by atoms with E-state index in [9.17, 15) is 8.78 Å². The normalized spacial score (nSPS) is 10.2. The van der Waals surface area contributed by atoms with E-state index in [0.29, 0.717) is 5.56 Å². The standard InChI is InChI=1S/C10H11F2N3O/c1-16-9-6(4-14)5-15-8(10(11)12)7(9)2-3-13/h5,10H,2,4,14H2,1H3. The maximum absolute atomic E-state index is 12.6. The average molecular weight is 227 g/mol. The Morgan fingerprint density at radius 2 is 2.31 bits per heavy atom. The first-order valence-corrected chi connectivity index (χ1v) is 4.55. The molecule has 0 saturated heterocycles. The van der Waals surface area contributed by atoms with E-state index in [1.165, 1.54) is 13.3 Å². The highest BCUT2D eigenvalue weighted by atomic mass is 19.3. The van der Waals surface area contributed by atoms with E-state index in [1.807, 2.05) is 6.07 Å². The summed E-state index contributed by atoms with van der Waals surface area (Å²) < 4.78 is 30.3. The molecule has 1 aromatic rings. The molecule has 4 nitrogen and oxygen atoms in total. The molecule has 1 rings (SSSR count). The fraction of sp³-hybridized carbons (Fsp3) is 0.400. The fourth-order valence-electron chi connectivity index (χ4n) is 1.43. The lowest BCUT2D eigenvalue weighted by Gasteiger charge is -2.13. The number of ether oxygens (including phenoxy) is 1. The predicted octanol–water partition coefficient (Wildman–Crippen LogP) is 1.55. The number of halogens is 2. The van der Waals surface area contributed by atoms with Crippen molar-refractivity contribution in [1.29, 1.82) is 5.26 Å². The first-order valence-electron chi connectivity index (χ1n) is 4.55. The number of hydrogen-bond donors (Lipinski definition) is 1. The van der Waals surface area contributed by atoms with Gasteiger partial charge in [-0.25, -0.2) is 8.78 Å². The molecule has 0 aromatic carbocycles. The second-order valence-corrected chi connectivity index (χ2v) is 3.02. The van der Waals surface area contributed by atoms with Gasteiger partial charge in [-0.2, -0.15) is 5.26 Å². The molecule has 1 aromatic heterocycles. The van der Waals surface area contributed by atoms with Gasteiger partial charge in [0.05, 0.1) is 19.6 Å². The Kier molecular flexibility index (Phi) is 4.14. The molecule has 0 fully saturated rings. The number of alkyl halides is 2. The molecule has 0 radical (unpaired) electrons. The van der Waals surface area contributed by atoms with Crippen LogP contribution in [0.1, 0.15) is 23.2 Å². The van der Waals surface area contributed by atoms with Gasteiger partial charge >= 0.3 is 0 Å². The van der Waals surface area contributed by atoms with Crippen LogP contribution in [0, 0.1) is 11.3 Å². The van der Waals surface area contributed by atoms with Crippen molar-refractivity contribution in [1.82, 2.24) is 4.98 Å². The zero-order chi connectivity index (χ0) is 12.1. The molecular weight excluding hydrogens is 216 g/mol. The summed E-state index contributed by atoms with van der Waals surface area (Å²) in [5.41, 5.74) is 5.63. The summed E-state index contributed by atoms with van der Waals surface area (Å²) in [6.07, 6.45) is -1.66. The Bertz CT molecular complexity index is 415. The van der Waals surface area contributed by atoms with E-state index in [4.69, 9.17) is 15.7 Å². The Balaban J connectivity index is 3.38. The molecule has 0 atom stereocenters. The van der Waals surface area contributed by atoms with Crippen molar-refractivity contribution in [2.75, 3.05) is 7.11 Å². The smallest absolute Gasteiger partial charge is 0.280 e. The van der Waals surface area contributed by atoms with E-state index in [1.54, 1.807) is 0 Å². The first-order chi connectivity index (χ1) is 7.65. The van der Waals surface area contributed by atoms with Crippen LogP contribution >= 0.6 is 0 Å². The van der Waals surface area contributed by atoms with Crippen molar-refractivity contribution >= 4 is 0 Å². The number of nitrogens with zero attached hydrogens (tertiary/aromatic N) is 2. The van der Waals surface area contributed by atoms with E-state index in [-0.39, 0.29) is 24.3 Å². The van der Waals surface area contributed by atoms with E-state index in [2.05, 4.69) is 4.98 Å². The number of rotatable bonds is 4. The monoisotopic (exact) mass is 227 g/mol. The Labute approximate surface area is 91.7 Å². The SMILES string of the molecule is COc1c(CN)cnc(C(F)F)c1CC#N. The van der Waals surface area contributed by atoms with Crippen LogP contribution in [0.3, 0.4) is 0 Å². The zero-order valence-corrected chi connectivity index (χ0v) is 8.70. The van der Waals surface area contributed by atoms with Gasteiger partial charge in [0.25, 0.3) is 6.43 Å². The van der Waals surface area contributed by atoms with Gasteiger partial charge in [0, 0.05) is 23.9 Å². The van der Waals surface area contributed by atoms with Crippen LogP contribution in [0.15, 0.2) is 6.20 Å². The van der Waals surface area contributed by atoms with Crippen LogP contribution < -0.4 is 10.5 Å². The van der Waals surface area contributed by atoms with Crippen molar-refractivity contribution in [2.24, 2.45) is 5.73 Å². The van der Waals surface area contributed by atoms with Crippen LogP contribution in [-0.4, -0.2) is 12.1 Å². The summed E-state index contributed by atoms with van der Waals surface area (Å²) in [6, 6.07) is 1.81. The van der Waals surface area contributed by atoms with Gasteiger partial charge in [-0.1, -0.05) is 0 Å². The number of hydrogen-bond acceptors (Lipinski definition) is 4. The number of nitrogens with two attached hydrogens (primary N) is 1. The van der Waals surface area contributed by atoms with Gasteiger partial charge in [-0.3, -0.25) is 4.98 Å². The summed E-state index contributed by atoms with van der Waals surface area (Å²) in [4.78, 5) is 3.62. The quantitative estimate of drug-likeness (QED) is 0.847. The molecule has 0 bridgehead atoms. The van der Waals surface area contributed by atoms with Crippen LogP contribution in [0.2, 0.25) is 0 Å². The van der Waals surface area contributed by atoms with Crippen LogP contribution in [0.25, 0.3) is 0 Å². The highest BCUT2D eigenvalue weighted by molar-refractivity contribution is 5.44. The van der Waals surface area contributed by atoms with Gasteiger partial charge in [-0.05, 0) is 0 Å². The van der Waals surface area contributed by atoms with E-state index in [0.717, 1.165) is 0 Å². The maximum atomic E-state index is 12.6. The maximum Gasteiger partial charge on any atom is 0.280 e. The largest absolute Gasteiger partial charge is 0.496 e. The van der Waals surface area contributed by atoms with Gasteiger partial charge < -0.3 is 10.5 Å². The molecular formula is C10H11F2N3O. The molecule has 6 heteroatoms. The minimum atomic E-state index is -2.73. The summed E-state index contributed by atoms with van der Waals surface area (Å²) >= 11 is 0. The number of methoxy groups -OCH3 is 1. The van der Waals surface area contributed by atoms with Crippen molar-refractivity contribution in [3.8, 4) is 11.8 Å². The summed E-state index contributed by atoms with van der Waals surface area (Å²) in [7, 11) is 1.35. The molecule has 1 heterocycles. The Hall–Kier alpha value is -1.74. The van der Waals surface area contributed by atoms with Gasteiger partial charge in [-0.15, -0.1) is 0 Å². The lowest BCUT2D eigenvalue weighted by molar-refractivity contribution is 0.144. The second kappa shape index (κ2) is 5.37. The molecule has 2 N–H and O–H groups in total. The van der Waals surface area contributed by atoms with Crippen LogP contribution in [0.5, 0.6) is 5.75 Å². The van der Waals surface area contributed by atoms with Gasteiger partial charge in [0.2, 0.25) is 0 Å². The third-order valence-corrected chi connectivity index (χ3v) is 2.12. The predicted molar refractivity (Wildman–Crippen MR) is 53.0 cm³/mol. The summed E-state index contributed by atoms with van der Waals surface area (Å²) in [5.74, 6) is 0.231. The molecule has 0 aliphatic carbocycles. The number of aromatic nitrogens is 1. The number of pyridine rings is 1. The van der Waals surface area contributed by atoms with Gasteiger partial charge in [0.1, 0.15) is 11.4 Å². The van der Waals surface area contributed by atoms with E-state index < -0.39 is 12.1 Å². The molecule has 0 aliphatic heterocycles. The third kappa shape index (κ3) is 2.25. The van der Waals surface area contributed by atoms with Crippen LogP contribution in [0.4, 0.5) is 8.78 Å². The topological polar surface area (TPSA) is 71.9 Å². The minimum absolute atomic E-state index is 0.114. The molecule has 16 heavy (non-hydrogen) atoms. The van der Waals surface area contributed by atoms with Crippen molar-refractivity contribution in [3.05, 3.63) is 23.0 Å². The fourth-order valence-corrected chi connectivity index (χ4v) is 1.43. The molecule has 0 unspecified atom stereocenters. The highest BCUT2D eigenvalue weighted by Crippen LogP contribution is 2.31. The molecule has 0 saturated carbocycles. The average Bonchev–Trinajstić information content (AvgIpc) is 2.28.